The Bertz CT molecular complexity index is 1130. The van der Waals surface area contributed by atoms with Crippen LogP contribution >= 0.6 is 0 Å². The molecule has 1 fully saturated rings. The molecule has 0 saturated carbocycles. The van der Waals surface area contributed by atoms with Crippen molar-refractivity contribution in [1.82, 2.24) is 4.98 Å². The molecular weight excluding hydrogens is 446 g/mol. The van der Waals surface area contributed by atoms with Crippen molar-refractivity contribution in [3.8, 4) is 0 Å². The van der Waals surface area contributed by atoms with Gasteiger partial charge in [-0.3, -0.25) is 4.98 Å². The van der Waals surface area contributed by atoms with Crippen LogP contribution in [0.2, 0.25) is 0 Å². The fourth-order valence-electron chi connectivity index (χ4n) is 6.46. The first-order valence-electron chi connectivity index (χ1n) is 13.9. The number of hydrogen-bond acceptors (Lipinski definition) is 4. The van der Waals surface area contributed by atoms with E-state index < -0.39 is 12.2 Å². The van der Waals surface area contributed by atoms with Gasteiger partial charge in [0.15, 0.2) is 0 Å². The molecule has 2 heterocycles. The van der Waals surface area contributed by atoms with Crippen LogP contribution in [0.5, 0.6) is 0 Å². The summed E-state index contributed by atoms with van der Waals surface area (Å²) in [4.78, 5) is 5.32. The van der Waals surface area contributed by atoms with E-state index in [1.165, 1.54) is 11.1 Å². The average molecular weight is 490 g/mol. The van der Waals surface area contributed by atoms with Crippen molar-refractivity contribution >= 4 is 5.57 Å². The highest BCUT2D eigenvalue weighted by atomic mass is 16.5. The summed E-state index contributed by atoms with van der Waals surface area (Å²) in [5.41, 5.74) is 8.52. The smallest absolute Gasteiger partial charge is 0.106 e. The number of fused-ring (bicyclic) bond motifs is 1. The molecule has 4 nitrogen and oxygen atoms in total. The van der Waals surface area contributed by atoms with E-state index >= 15 is 0 Å². The highest BCUT2D eigenvalue weighted by Crippen LogP contribution is 2.49. The predicted molar refractivity (Wildman–Crippen MR) is 145 cm³/mol. The number of nitrogens with zero attached hydrogens (tertiary/aromatic N) is 1. The summed E-state index contributed by atoms with van der Waals surface area (Å²) in [6.07, 6.45) is 7.54. The number of benzene rings is 1. The molecule has 0 bridgehead atoms. The number of allylic oxidation sites excluding steroid dienone is 2. The van der Waals surface area contributed by atoms with E-state index in [9.17, 15) is 10.2 Å². The molecule has 2 atom stereocenters. The molecule has 36 heavy (non-hydrogen) atoms. The van der Waals surface area contributed by atoms with Gasteiger partial charge in [0.2, 0.25) is 0 Å². The van der Waals surface area contributed by atoms with Gasteiger partial charge in [-0.25, -0.2) is 0 Å². The molecule has 1 aromatic carbocycles. The molecule has 3 aliphatic rings. The number of aromatic nitrogens is 1. The number of ether oxygens (including phenoxy) is 1. The van der Waals surface area contributed by atoms with E-state index in [-0.39, 0.29) is 16.7 Å². The summed E-state index contributed by atoms with van der Waals surface area (Å²) in [7, 11) is 0. The molecule has 0 spiro atoms. The first kappa shape index (κ1) is 25.6. The minimum absolute atomic E-state index is 0.00336. The number of hydrogen-bond donors (Lipinski definition) is 2. The first-order chi connectivity index (χ1) is 17.0. The minimum atomic E-state index is -0.784. The zero-order valence-electron chi connectivity index (χ0n) is 22.7. The highest BCUT2D eigenvalue weighted by Gasteiger charge is 2.39. The summed E-state index contributed by atoms with van der Waals surface area (Å²) >= 11 is 0. The van der Waals surface area contributed by atoms with Crippen LogP contribution in [0.25, 0.3) is 5.57 Å². The van der Waals surface area contributed by atoms with Crippen LogP contribution in [-0.2, 0) is 16.6 Å². The Labute approximate surface area is 216 Å². The summed E-state index contributed by atoms with van der Waals surface area (Å²) in [5, 5.41) is 23.5. The second-order valence-electron chi connectivity index (χ2n) is 13.0. The van der Waals surface area contributed by atoms with Gasteiger partial charge < -0.3 is 14.9 Å². The fraction of sp³-hybridized carbons (Fsp3) is 0.594. The van der Waals surface area contributed by atoms with E-state index in [1.807, 2.05) is 0 Å². The highest BCUT2D eigenvalue weighted by molar-refractivity contribution is 5.75. The Morgan fingerprint density at radius 2 is 1.78 bits per heavy atom. The van der Waals surface area contributed by atoms with Crippen molar-refractivity contribution in [2.24, 2.45) is 5.41 Å². The van der Waals surface area contributed by atoms with E-state index in [2.05, 4.69) is 65.0 Å². The second-order valence-corrected chi connectivity index (χ2v) is 13.0. The molecule has 1 aliphatic heterocycles. The lowest BCUT2D eigenvalue weighted by Crippen LogP contribution is -2.30. The summed E-state index contributed by atoms with van der Waals surface area (Å²) < 4.78 is 5.70. The molecule has 194 valence electrons. The Morgan fingerprint density at radius 1 is 1.08 bits per heavy atom. The monoisotopic (exact) mass is 489 g/mol. The summed E-state index contributed by atoms with van der Waals surface area (Å²) in [6.45, 7) is 12.5. The summed E-state index contributed by atoms with van der Waals surface area (Å²) in [6, 6.07) is 8.43. The first-order valence-corrected chi connectivity index (χ1v) is 13.9. The van der Waals surface area contributed by atoms with Gasteiger partial charge in [0, 0.05) is 36.0 Å². The molecule has 2 N–H and O–H groups in total. The van der Waals surface area contributed by atoms with Gasteiger partial charge in [0.1, 0.15) is 6.10 Å². The third-order valence-electron chi connectivity index (χ3n) is 8.44. The minimum Gasteiger partial charge on any atom is -0.388 e. The average Bonchev–Trinajstić information content (AvgIpc) is 3.36. The van der Waals surface area contributed by atoms with Gasteiger partial charge in [-0.2, -0.15) is 0 Å². The molecule has 5 rings (SSSR count). The Hall–Kier alpha value is -2.01. The number of pyridine rings is 1. The third-order valence-corrected chi connectivity index (χ3v) is 8.44. The fourth-order valence-corrected chi connectivity index (χ4v) is 6.46. The van der Waals surface area contributed by atoms with Crippen LogP contribution in [-0.4, -0.2) is 28.4 Å². The van der Waals surface area contributed by atoms with Gasteiger partial charge in [-0.15, -0.1) is 0 Å². The van der Waals surface area contributed by atoms with Crippen LogP contribution in [0.4, 0.5) is 0 Å². The van der Waals surface area contributed by atoms with Crippen molar-refractivity contribution in [2.75, 3.05) is 13.2 Å². The molecule has 2 unspecified atom stereocenters. The van der Waals surface area contributed by atoms with Crippen LogP contribution in [0, 0.1) is 5.41 Å². The predicted octanol–water partition coefficient (Wildman–Crippen LogP) is 6.93. The lowest BCUT2D eigenvalue weighted by atomic mass is 9.71. The van der Waals surface area contributed by atoms with Crippen molar-refractivity contribution in [3.63, 3.8) is 0 Å². The molecule has 0 radical (unpaired) electrons. The van der Waals surface area contributed by atoms with Crippen LogP contribution in [0.1, 0.15) is 130 Å². The molecule has 4 heteroatoms. The van der Waals surface area contributed by atoms with Gasteiger partial charge >= 0.3 is 0 Å². The van der Waals surface area contributed by atoms with Crippen LogP contribution < -0.4 is 0 Å². The van der Waals surface area contributed by atoms with E-state index in [1.54, 1.807) is 0 Å². The van der Waals surface area contributed by atoms with E-state index in [0.29, 0.717) is 6.42 Å². The zero-order valence-corrected chi connectivity index (χ0v) is 22.7. The van der Waals surface area contributed by atoms with Crippen molar-refractivity contribution in [3.05, 3.63) is 69.5 Å². The largest absolute Gasteiger partial charge is 0.388 e. The van der Waals surface area contributed by atoms with Gasteiger partial charge in [-0.1, -0.05) is 65.0 Å². The molecule has 1 aromatic heterocycles. The van der Waals surface area contributed by atoms with Crippen molar-refractivity contribution in [1.29, 1.82) is 0 Å². The Kier molecular flexibility index (Phi) is 6.91. The second kappa shape index (κ2) is 9.70. The quantitative estimate of drug-likeness (QED) is 0.489. The lowest BCUT2D eigenvalue weighted by Gasteiger charge is -2.38. The van der Waals surface area contributed by atoms with Crippen molar-refractivity contribution < 1.29 is 14.9 Å². The molecular formula is C32H43NO3. The van der Waals surface area contributed by atoms with E-state index in [4.69, 9.17) is 9.72 Å². The van der Waals surface area contributed by atoms with Gasteiger partial charge in [-0.05, 0) is 78.0 Å². The molecule has 2 aromatic rings. The Morgan fingerprint density at radius 3 is 2.39 bits per heavy atom. The van der Waals surface area contributed by atoms with Crippen molar-refractivity contribution in [2.45, 2.75) is 103 Å². The molecule has 2 aliphatic carbocycles. The van der Waals surface area contributed by atoms with Crippen LogP contribution in [0.3, 0.4) is 0 Å². The maximum absolute atomic E-state index is 12.0. The molecule has 0 amide bonds. The maximum atomic E-state index is 12.0. The van der Waals surface area contributed by atoms with Gasteiger partial charge in [0.05, 0.1) is 11.8 Å². The topological polar surface area (TPSA) is 62.6 Å². The summed E-state index contributed by atoms with van der Waals surface area (Å²) in [5.74, 6) is 0.255. The Balaban J connectivity index is 1.73. The van der Waals surface area contributed by atoms with Crippen LogP contribution in [0.15, 0.2) is 30.3 Å². The third kappa shape index (κ3) is 4.92. The lowest BCUT2D eigenvalue weighted by molar-refractivity contribution is 0.0823. The number of aliphatic hydroxyl groups is 2. The normalized spacial score (nSPS) is 23.3. The maximum Gasteiger partial charge on any atom is 0.106 e. The molecule has 1 saturated heterocycles. The van der Waals surface area contributed by atoms with E-state index in [0.717, 1.165) is 85.4 Å². The number of aliphatic hydroxyl groups excluding tert-OH is 2. The standard InChI is InChI=1S/C32H43NO3/c1-31(2,3)23-12-10-22(11-13-23)30(35)28-26(20-8-6-7-9-20)27-24(18-32(4,5)19-25(27)34)33-29(28)21-14-16-36-17-15-21/h8,10-13,21,25,30,34-35H,6-7,9,14-19H2,1-5H3. The van der Waals surface area contributed by atoms with Gasteiger partial charge in [0.25, 0.3) is 0 Å². The number of rotatable bonds is 4. The zero-order chi connectivity index (χ0) is 25.7. The SMILES string of the molecule is CC1(C)Cc2nc(C3CCOCC3)c(C(O)c3ccc(C(C)(C)C)cc3)c(C3=CCCC3)c2C(O)C1.